The fourth-order valence-corrected chi connectivity index (χ4v) is 3.00. The van der Waals surface area contributed by atoms with Crippen LogP contribution < -0.4 is 0 Å². The predicted octanol–water partition coefficient (Wildman–Crippen LogP) is 4.00. The first-order valence-corrected chi connectivity index (χ1v) is 6.38. The summed E-state index contributed by atoms with van der Waals surface area (Å²) in [5.74, 6) is 0. The van der Waals surface area contributed by atoms with Gasteiger partial charge in [-0.2, -0.15) is 0 Å². The van der Waals surface area contributed by atoms with Crippen molar-refractivity contribution in [3.05, 3.63) is 65.9 Å². The van der Waals surface area contributed by atoms with Crippen molar-refractivity contribution >= 4 is 10.9 Å². The molecule has 0 saturated carbocycles. The Labute approximate surface area is 106 Å². The van der Waals surface area contributed by atoms with Crippen LogP contribution in [0, 0.1) is 0 Å². The van der Waals surface area contributed by atoms with Crippen molar-refractivity contribution in [1.82, 2.24) is 4.98 Å². The van der Waals surface area contributed by atoms with Crippen LogP contribution in [0.25, 0.3) is 22.0 Å². The van der Waals surface area contributed by atoms with Crippen LogP contribution in [0.5, 0.6) is 0 Å². The van der Waals surface area contributed by atoms with Crippen molar-refractivity contribution in [2.45, 2.75) is 12.8 Å². The highest BCUT2D eigenvalue weighted by atomic mass is 14.6. The number of rotatable bonds is 0. The van der Waals surface area contributed by atoms with Gasteiger partial charge in [0.2, 0.25) is 0 Å². The lowest BCUT2D eigenvalue weighted by Gasteiger charge is -2.21. The maximum Gasteiger partial charge on any atom is 0.0705 e. The van der Waals surface area contributed by atoms with E-state index in [0.29, 0.717) is 0 Å². The van der Waals surface area contributed by atoms with Crippen LogP contribution in [0.4, 0.5) is 0 Å². The van der Waals surface area contributed by atoms with E-state index in [1.165, 1.54) is 27.6 Å². The third-order valence-electron chi connectivity index (χ3n) is 3.85. The van der Waals surface area contributed by atoms with Crippen molar-refractivity contribution in [1.29, 1.82) is 0 Å². The Morgan fingerprint density at radius 3 is 2.72 bits per heavy atom. The zero-order valence-corrected chi connectivity index (χ0v) is 10.1. The number of nitrogens with zero attached hydrogens (tertiary/aromatic N) is 1. The molecule has 0 radical (unpaired) electrons. The smallest absolute Gasteiger partial charge is 0.0705 e. The standard InChI is InChI=1S/C17H13N/c1-2-5-13-12(4-1)7-8-15-14(13)9-10-17-16(15)6-3-11-18-17/h1-6,9-11H,7-8H2. The van der Waals surface area contributed by atoms with E-state index in [0.717, 1.165) is 18.4 Å². The summed E-state index contributed by atoms with van der Waals surface area (Å²) in [6.07, 6.45) is 4.12. The van der Waals surface area contributed by atoms with Crippen molar-refractivity contribution in [2.75, 3.05) is 0 Å². The second-order valence-electron chi connectivity index (χ2n) is 4.82. The SMILES string of the molecule is c1ccc2c(c1)CCc1c-2ccc2ncccc12. The maximum absolute atomic E-state index is 4.45. The Balaban J connectivity index is 2.09. The lowest BCUT2D eigenvalue weighted by Crippen LogP contribution is -2.04. The van der Waals surface area contributed by atoms with Crippen molar-refractivity contribution in [3.63, 3.8) is 0 Å². The number of pyridine rings is 1. The molecule has 0 fully saturated rings. The molecule has 2 aromatic carbocycles. The summed E-state index contributed by atoms with van der Waals surface area (Å²) in [6.45, 7) is 0. The number of benzene rings is 2. The minimum Gasteiger partial charge on any atom is -0.256 e. The highest BCUT2D eigenvalue weighted by Crippen LogP contribution is 2.36. The number of aromatic nitrogens is 1. The number of hydrogen-bond acceptors (Lipinski definition) is 1. The van der Waals surface area contributed by atoms with Crippen molar-refractivity contribution in [2.24, 2.45) is 0 Å². The van der Waals surface area contributed by atoms with E-state index in [2.05, 4.69) is 47.4 Å². The Morgan fingerprint density at radius 2 is 1.72 bits per heavy atom. The molecule has 1 aliphatic carbocycles. The van der Waals surface area contributed by atoms with Gasteiger partial charge in [0, 0.05) is 11.6 Å². The lowest BCUT2D eigenvalue weighted by atomic mass is 9.84. The molecule has 1 nitrogen and oxygen atoms in total. The molecule has 0 N–H and O–H groups in total. The summed E-state index contributed by atoms with van der Waals surface area (Å²) in [6, 6.07) is 17.3. The first kappa shape index (κ1) is 9.84. The van der Waals surface area contributed by atoms with Crippen LogP contribution >= 0.6 is 0 Å². The highest BCUT2D eigenvalue weighted by Gasteiger charge is 2.17. The maximum atomic E-state index is 4.45. The topological polar surface area (TPSA) is 12.9 Å². The van der Waals surface area contributed by atoms with E-state index >= 15 is 0 Å². The number of hydrogen-bond donors (Lipinski definition) is 0. The fourth-order valence-electron chi connectivity index (χ4n) is 3.00. The lowest BCUT2D eigenvalue weighted by molar-refractivity contribution is 0.950. The molecule has 86 valence electrons. The van der Waals surface area contributed by atoms with Gasteiger partial charge in [0.15, 0.2) is 0 Å². The molecule has 0 aliphatic heterocycles. The van der Waals surface area contributed by atoms with Crippen molar-refractivity contribution in [3.8, 4) is 11.1 Å². The van der Waals surface area contributed by atoms with Gasteiger partial charge in [-0.3, -0.25) is 4.98 Å². The molecule has 0 spiro atoms. The average Bonchev–Trinajstić information content (AvgIpc) is 2.46. The zero-order valence-electron chi connectivity index (χ0n) is 10.1. The first-order chi connectivity index (χ1) is 8.93. The molecule has 0 atom stereocenters. The van der Waals surface area contributed by atoms with Gasteiger partial charge in [0.1, 0.15) is 0 Å². The summed E-state index contributed by atoms with van der Waals surface area (Å²) >= 11 is 0. The normalized spacial score (nSPS) is 13.1. The Bertz CT molecular complexity index is 743. The van der Waals surface area contributed by atoms with Crippen molar-refractivity contribution < 1.29 is 0 Å². The monoisotopic (exact) mass is 231 g/mol. The summed E-state index contributed by atoms with van der Waals surface area (Å²) in [4.78, 5) is 4.45. The van der Waals surface area contributed by atoms with Crippen LogP contribution in [-0.2, 0) is 12.8 Å². The number of aryl methyl sites for hydroxylation is 2. The molecule has 0 amide bonds. The second kappa shape index (κ2) is 3.67. The van der Waals surface area contributed by atoms with E-state index in [-0.39, 0.29) is 0 Å². The van der Waals surface area contributed by atoms with Gasteiger partial charge in [0.25, 0.3) is 0 Å². The molecular formula is C17H13N. The molecule has 1 aromatic heterocycles. The van der Waals surface area contributed by atoms with E-state index in [1.54, 1.807) is 0 Å². The summed E-state index contributed by atoms with van der Waals surface area (Å²) < 4.78 is 0. The van der Waals surface area contributed by atoms with E-state index < -0.39 is 0 Å². The molecule has 0 saturated heterocycles. The second-order valence-corrected chi connectivity index (χ2v) is 4.82. The molecule has 3 aromatic rings. The van der Waals surface area contributed by atoms with Crippen LogP contribution in [0.1, 0.15) is 11.1 Å². The largest absolute Gasteiger partial charge is 0.256 e. The molecule has 1 heterocycles. The van der Waals surface area contributed by atoms with Gasteiger partial charge in [-0.05, 0) is 47.2 Å². The highest BCUT2D eigenvalue weighted by molar-refractivity contribution is 5.90. The molecule has 4 rings (SSSR count). The van der Waals surface area contributed by atoms with Gasteiger partial charge in [-0.25, -0.2) is 0 Å². The number of fused-ring (bicyclic) bond motifs is 5. The Kier molecular flexibility index (Phi) is 2.01. The van der Waals surface area contributed by atoms with E-state index in [1.807, 2.05) is 12.3 Å². The van der Waals surface area contributed by atoms with Crippen LogP contribution in [0.2, 0.25) is 0 Å². The Morgan fingerprint density at radius 1 is 0.778 bits per heavy atom. The Hall–Kier alpha value is -2.15. The van der Waals surface area contributed by atoms with Crippen LogP contribution in [-0.4, -0.2) is 4.98 Å². The molecule has 0 bridgehead atoms. The zero-order chi connectivity index (χ0) is 11.9. The molecule has 18 heavy (non-hydrogen) atoms. The van der Waals surface area contributed by atoms with E-state index in [9.17, 15) is 0 Å². The first-order valence-electron chi connectivity index (χ1n) is 6.38. The average molecular weight is 231 g/mol. The van der Waals surface area contributed by atoms with Crippen LogP contribution in [0.15, 0.2) is 54.7 Å². The van der Waals surface area contributed by atoms with Gasteiger partial charge >= 0.3 is 0 Å². The van der Waals surface area contributed by atoms with Gasteiger partial charge in [-0.15, -0.1) is 0 Å². The van der Waals surface area contributed by atoms with E-state index in [4.69, 9.17) is 0 Å². The van der Waals surface area contributed by atoms with Gasteiger partial charge in [-0.1, -0.05) is 36.4 Å². The molecule has 1 heteroatoms. The minimum absolute atomic E-state index is 1.11. The summed E-state index contributed by atoms with van der Waals surface area (Å²) in [7, 11) is 0. The van der Waals surface area contributed by atoms with Gasteiger partial charge < -0.3 is 0 Å². The summed E-state index contributed by atoms with van der Waals surface area (Å²) in [5.41, 5.74) is 6.81. The third-order valence-corrected chi connectivity index (χ3v) is 3.85. The summed E-state index contributed by atoms with van der Waals surface area (Å²) in [5, 5.41) is 1.31. The van der Waals surface area contributed by atoms with Crippen LogP contribution in [0.3, 0.4) is 0 Å². The fraction of sp³-hybridized carbons (Fsp3) is 0.118. The van der Waals surface area contributed by atoms with Gasteiger partial charge in [0.05, 0.1) is 5.52 Å². The molecular weight excluding hydrogens is 218 g/mol. The quantitative estimate of drug-likeness (QED) is 0.570. The third kappa shape index (κ3) is 1.31. The molecule has 0 unspecified atom stereocenters. The predicted molar refractivity (Wildman–Crippen MR) is 74.6 cm³/mol. The molecule has 1 aliphatic rings. The minimum atomic E-state index is 1.11.